The molecule has 4 heteroatoms. The third-order valence-electron chi connectivity index (χ3n) is 3.81. The Kier molecular flexibility index (Phi) is 8.69. The standard InChI is InChI=1S/C16H33NO3/c1-5-6-9-19-13-15(20-11-10-18-4)12-17-8-7-16(2,3)14-17/h15H,5-14H2,1-4H3. The maximum absolute atomic E-state index is 5.90. The molecule has 1 rings (SSSR count). The number of likely N-dealkylation sites (tertiary alicyclic amines) is 1. The molecule has 0 aromatic rings. The predicted molar refractivity (Wildman–Crippen MR) is 82.2 cm³/mol. The van der Waals surface area contributed by atoms with Crippen molar-refractivity contribution in [3.05, 3.63) is 0 Å². The van der Waals surface area contributed by atoms with Crippen LogP contribution in [0.15, 0.2) is 0 Å². The van der Waals surface area contributed by atoms with E-state index in [4.69, 9.17) is 14.2 Å². The van der Waals surface area contributed by atoms with Gasteiger partial charge in [0.05, 0.1) is 25.9 Å². The average Bonchev–Trinajstić information content (AvgIpc) is 2.74. The molecule has 0 saturated carbocycles. The fourth-order valence-electron chi connectivity index (χ4n) is 2.58. The van der Waals surface area contributed by atoms with Gasteiger partial charge in [-0.1, -0.05) is 27.2 Å². The Balaban J connectivity index is 2.29. The van der Waals surface area contributed by atoms with Crippen LogP contribution in [0, 0.1) is 5.41 Å². The van der Waals surface area contributed by atoms with Crippen molar-refractivity contribution in [3.63, 3.8) is 0 Å². The molecule has 0 aromatic heterocycles. The Morgan fingerprint density at radius 3 is 2.60 bits per heavy atom. The highest BCUT2D eigenvalue weighted by atomic mass is 16.5. The van der Waals surface area contributed by atoms with E-state index in [1.165, 1.54) is 19.4 Å². The van der Waals surface area contributed by atoms with E-state index in [9.17, 15) is 0 Å². The first-order valence-electron chi connectivity index (χ1n) is 7.98. The Hall–Kier alpha value is -0.160. The SMILES string of the molecule is CCCCOCC(CN1CCC(C)(C)C1)OCCOC. The van der Waals surface area contributed by atoms with Crippen molar-refractivity contribution in [1.29, 1.82) is 0 Å². The van der Waals surface area contributed by atoms with Crippen molar-refractivity contribution in [3.8, 4) is 0 Å². The summed E-state index contributed by atoms with van der Waals surface area (Å²) in [6.07, 6.45) is 3.74. The Morgan fingerprint density at radius 1 is 1.20 bits per heavy atom. The summed E-state index contributed by atoms with van der Waals surface area (Å²) in [5.41, 5.74) is 0.445. The summed E-state index contributed by atoms with van der Waals surface area (Å²) in [6.45, 7) is 13.0. The Morgan fingerprint density at radius 2 is 2.00 bits per heavy atom. The number of unbranched alkanes of at least 4 members (excludes halogenated alkanes) is 1. The number of methoxy groups -OCH3 is 1. The van der Waals surface area contributed by atoms with Crippen molar-refractivity contribution in [1.82, 2.24) is 4.90 Å². The number of hydrogen-bond donors (Lipinski definition) is 0. The summed E-state index contributed by atoms with van der Waals surface area (Å²) >= 11 is 0. The van der Waals surface area contributed by atoms with Gasteiger partial charge in [-0.25, -0.2) is 0 Å². The number of ether oxygens (including phenoxy) is 3. The third kappa shape index (κ3) is 7.58. The van der Waals surface area contributed by atoms with Gasteiger partial charge in [0, 0.05) is 26.8 Å². The molecular formula is C16H33NO3. The molecular weight excluding hydrogens is 254 g/mol. The van der Waals surface area contributed by atoms with E-state index >= 15 is 0 Å². The van der Waals surface area contributed by atoms with E-state index < -0.39 is 0 Å². The van der Waals surface area contributed by atoms with Crippen LogP contribution in [-0.2, 0) is 14.2 Å². The second-order valence-electron chi connectivity index (χ2n) is 6.56. The molecule has 1 fully saturated rings. The molecule has 20 heavy (non-hydrogen) atoms. The van der Waals surface area contributed by atoms with E-state index in [0.717, 1.165) is 26.1 Å². The average molecular weight is 287 g/mol. The Bertz CT molecular complexity index is 246. The highest BCUT2D eigenvalue weighted by Crippen LogP contribution is 2.28. The van der Waals surface area contributed by atoms with Crippen LogP contribution in [0.4, 0.5) is 0 Å². The van der Waals surface area contributed by atoms with Crippen LogP contribution < -0.4 is 0 Å². The molecule has 1 aliphatic heterocycles. The van der Waals surface area contributed by atoms with Gasteiger partial charge in [-0.15, -0.1) is 0 Å². The number of hydrogen-bond acceptors (Lipinski definition) is 4. The molecule has 0 bridgehead atoms. The van der Waals surface area contributed by atoms with Crippen molar-refractivity contribution in [2.24, 2.45) is 5.41 Å². The zero-order valence-electron chi connectivity index (χ0n) is 13.8. The molecule has 0 aromatic carbocycles. The van der Waals surface area contributed by atoms with Crippen LogP contribution in [0.3, 0.4) is 0 Å². The van der Waals surface area contributed by atoms with E-state index in [2.05, 4.69) is 25.7 Å². The van der Waals surface area contributed by atoms with Crippen LogP contribution in [-0.4, -0.2) is 64.2 Å². The van der Waals surface area contributed by atoms with E-state index in [-0.39, 0.29) is 6.10 Å². The molecule has 0 radical (unpaired) electrons. The summed E-state index contributed by atoms with van der Waals surface area (Å²) in [5.74, 6) is 0. The largest absolute Gasteiger partial charge is 0.382 e. The molecule has 1 atom stereocenters. The quantitative estimate of drug-likeness (QED) is 0.547. The second-order valence-corrected chi connectivity index (χ2v) is 6.56. The fourth-order valence-corrected chi connectivity index (χ4v) is 2.58. The molecule has 1 unspecified atom stereocenters. The first-order valence-corrected chi connectivity index (χ1v) is 7.98. The zero-order chi connectivity index (χ0) is 14.8. The topological polar surface area (TPSA) is 30.9 Å². The van der Waals surface area contributed by atoms with E-state index in [1.54, 1.807) is 7.11 Å². The lowest BCUT2D eigenvalue weighted by Crippen LogP contribution is -2.37. The van der Waals surface area contributed by atoms with Crippen LogP contribution in [0.25, 0.3) is 0 Å². The maximum Gasteiger partial charge on any atom is 0.0936 e. The van der Waals surface area contributed by atoms with Crippen LogP contribution in [0.5, 0.6) is 0 Å². The smallest absolute Gasteiger partial charge is 0.0936 e. The molecule has 0 aliphatic carbocycles. The first-order chi connectivity index (χ1) is 9.57. The van der Waals surface area contributed by atoms with Crippen molar-refractivity contribution in [2.75, 3.05) is 53.2 Å². The molecule has 0 spiro atoms. The number of nitrogens with zero attached hydrogens (tertiary/aromatic N) is 1. The van der Waals surface area contributed by atoms with Crippen LogP contribution >= 0.6 is 0 Å². The molecule has 4 nitrogen and oxygen atoms in total. The summed E-state index contributed by atoms with van der Waals surface area (Å²) in [6, 6.07) is 0. The minimum absolute atomic E-state index is 0.163. The number of rotatable bonds is 11. The predicted octanol–water partition coefficient (Wildman–Crippen LogP) is 2.57. The summed E-state index contributed by atoms with van der Waals surface area (Å²) in [5, 5.41) is 0. The summed E-state index contributed by atoms with van der Waals surface area (Å²) in [4.78, 5) is 2.50. The second kappa shape index (κ2) is 9.72. The molecule has 0 N–H and O–H groups in total. The van der Waals surface area contributed by atoms with E-state index in [1.807, 2.05) is 0 Å². The van der Waals surface area contributed by atoms with Crippen molar-refractivity contribution < 1.29 is 14.2 Å². The lowest BCUT2D eigenvalue weighted by Gasteiger charge is -2.25. The van der Waals surface area contributed by atoms with Crippen LogP contribution in [0.1, 0.15) is 40.0 Å². The molecule has 1 heterocycles. The zero-order valence-corrected chi connectivity index (χ0v) is 13.8. The third-order valence-corrected chi connectivity index (χ3v) is 3.81. The normalized spacial score (nSPS) is 20.4. The molecule has 120 valence electrons. The van der Waals surface area contributed by atoms with Gasteiger partial charge < -0.3 is 19.1 Å². The first kappa shape index (κ1) is 17.9. The van der Waals surface area contributed by atoms with Gasteiger partial charge in [-0.2, -0.15) is 0 Å². The lowest BCUT2D eigenvalue weighted by atomic mass is 9.93. The van der Waals surface area contributed by atoms with Gasteiger partial charge in [-0.3, -0.25) is 0 Å². The maximum atomic E-state index is 5.90. The van der Waals surface area contributed by atoms with Gasteiger partial charge in [-0.05, 0) is 24.8 Å². The van der Waals surface area contributed by atoms with Crippen LogP contribution in [0.2, 0.25) is 0 Å². The van der Waals surface area contributed by atoms with Crippen molar-refractivity contribution in [2.45, 2.75) is 46.1 Å². The minimum atomic E-state index is 0.163. The minimum Gasteiger partial charge on any atom is -0.382 e. The van der Waals surface area contributed by atoms with Crippen molar-refractivity contribution >= 4 is 0 Å². The highest BCUT2D eigenvalue weighted by molar-refractivity contribution is 4.83. The van der Waals surface area contributed by atoms with E-state index in [0.29, 0.717) is 25.2 Å². The van der Waals surface area contributed by atoms with Gasteiger partial charge in [0.15, 0.2) is 0 Å². The van der Waals surface area contributed by atoms with Gasteiger partial charge >= 0.3 is 0 Å². The molecule has 0 amide bonds. The molecule has 1 saturated heterocycles. The lowest BCUT2D eigenvalue weighted by molar-refractivity contribution is -0.0449. The monoisotopic (exact) mass is 287 g/mol. The highest BCUT2D eigenvalue weighted by Gasteiger charge is 2.30. The Labute approximate surface area is 124 Å². The summed E-state index contributed by atoms with van der Waals surface area (Å²) in [7, 11) is 1.71. The summed E-state index contributed by atoms with van der Waals surface area (Å²) < 4.78 is 16.7. The van der Waals surface area contributed by atoms with Gasteiger partial charge in [0.2, 0.25) is 0 Å². The van der Waals surface area contributed by atoms with Gasteiger partial charge in [0.1, 0.15) is 0 Å². The van der Waals surface area contributed by atoms with Gasteiger partial charge in [0.25, 0.3) is 0 Å². The molecule has 1 aliphatic rings. The fraction of sp³-hybridized carbons (Fsp3) is 1.00.